The Bertz CT molecular complexity index is 1020. The molecule has 1 unspecified atom stereocenters. The number of aromatic nitrogens is 1. The average molecular weight is 436 g/mol. The predicted molar refractivity (Wildman–Crippen MR) is 121 cm³/mol. The Balaban J connectivity index is 1.30. The fourth-order valence-corrected chi connectivity index (χ4v) is 3.86. The van der Waals surface area contributed by atoms with E-state index in [4.69, 9.17) is 13.9 Å². The van der Waals surface area contributed by atoms with E-state index in [0.29, 0.717) is 32.0 Å². The summed E-state index contributed by atoms with van der Waals surface area (Å²) in [6, 6.07) is 17.7. The molecule has 1 N–H and O–H groups in total. The van der Waals surface area contributed by atoms with Crippen molar-refractivity contribution in [2.24, 2.45) is 0 Å². The maximum absolute atomic E-state index is 12.0. The van der Waals surface area contributed by atoms with E-state index in [1.165, 1.54) is 7.11 Å². The average Bonchev–Trinajstić information content (AvgIpc) is 3.21. The van der Waals surface area contributed by atoms with Crippen molar-refractivity contribution >= 4 is 5.97 Å². The van der Waals surface area contributed by atoms with Gasteiger partial charge in [0.25, 0.3) is 0 Å². The Hall–Kier alpha value is -3.16. The predicted octanol–water partition coefficient (Wildman–Crippen LogP) is 3.22. The molecule has 32 heavy (non-hydrogen) atoms. The Labute approximate surface area is 188 Å². The number of piperazine rings is 1. The SMILES string of the molecule is COC(=O)C1CNCCN1Cc1ccc(OCCc2nc(-c3ccccc3)oc2C)cc1. The molecule has 1 aliphatic heterocycles. The van der Waals surface area contributed by atoms with Gasteiger partial charge < -0.3 is 19.2 Å². The summed E-state index contributed by atoms with van der Waals surface area (Å²) in [7, 11) is 1.43. The van der Waals surface area contributed by atoms with Crippen molar-refractivity contribution in [1.82, 2.24) is 15.2 Å². The molecule has 1 atom stereocenters. The molecule has 1 aliphatic rings. The topological polar surface area (TPSA) is 76.8 Å². The minimum atomic E-state index is -0.254. The summed E-state index contributed by atoms with van der Waals surface area (Å²) < 4.78 is 16.7. The molecule has 7 heteroatoms. The number of nitrogens with zero attached hydrogens (tertiary/aromatic N) is 2. The first kappa shape index (κ1) is 22.0. The van der Waals surface area contributed by atoms with Gasteiger partial charge >= 0.3 is 5.97 Å². The van der Waals surface area contributed by atoms with Gasteiger partial charge in [-0.25, -0.2) is 4.98 Å². The molecule has 168 valence electrons. The smallest absolute Gasteiger partial charge is 0.324 e. The molecule has 0 spiro atoms. The van der Waals surface area contributed by atoms with Crippen LogP contribution >= 0.6 is 0 Å². The maximum atomic E-state index is 12.0. The molecule has 1 saturated heterocycles. The summed E-state index contributed by atoms with van der Waals surface area (Å²) >= 11 is 0. The number of aryl methyl sites for hydroxylation is 1. The summed E-state index contributed by atoms with van der Waals surface area (Å²) in [5, 5.41) is 3.25. The Kier molecular flexibility index (Phi) is 7.19. The second-order valence-electron chi connectivity index (χ2n) is 7.84. The van der Waals surface area contributed by atoms with Crippen LogP contribution in [-0.4, -0.2) is 55.2 Å². The van der Waals surface area contributed by atoms with Crippen molar-refractivity contribution in [3.8, 4) is 17.2 Å². The standard InChI is InChI=1S/C25H29N3O4/c1-18-22(27-24(32-18)20-6-4-3-5-7-20)12-15-31-21-10-8-19(9-11-21)17-28-14-13-26-16-23(28)25(29)30-2/h3-11,23,26H,12-17H2,1-2H3. The molecule has 4 rings (SSSR count). The van der Waals surface area contributed by atoms with Crippen LogP contribution in [0.1, 0.15) is 17.0 Å². The lowest BCUT2D eigenvalue weighted by molar-refractivity contribution is -0.147. The van der Waals surface area contributed by atoms with Crippen LogP contribution < -0.4 is 10.1 Å². The fraction of sp³-hybridized carbons (Fsp3) is 0.360. The van der Waals surface area contributed by atoms with Gasteiger partial charge in [0.1, 0.15) is 17.6 Å². The first-order chi connectivity index (χ1) is 15.6. The maximum Gasteiger partial charge on any atom is 0.324 e. The van der Waals surface area contributed by atoms with E-state index in [1.807, 2.05) is 61.5 Å². The second kappa shape index (κ2) is 10.4. The third kappa shape index (κ3) is 5.36. The number of hydrogen-bond donors (Lipinski definition) is 1. The van der Waals surface area contributed by atoms with Gasteiger partial charge in [-0.2, -0.15) is 0 Å². The molecule has 0 bridgehead atoms. The molecular weight excluding hydrogens is 406 g/mol. The summed E-state index contributed by atoms with van der Waals surface area (Å²) in [5.74, 6) is 2.07. The van der Waals surface area contributed by atoms with Crippen molar-refractivity contribution in [3.05, 3.63) is 71.6 Å². The number of methoxy groups -OCH3 is 1. The van der Waals surface area contributed by atoms with Crippen LogP contribution in [0, 0.1) is 6.92 Å². The first-order valence-electron chi connectivity index (χ1n) is 10.9. The number of esters is 1. The highest BCUT2D eigenvalue weighted by molar-refractivity contribution is 5.76. The van der Waals surface area contributed by atoms with Crippen LogP contribution in [0.2, 0.25) is 0 Å². The molecular formula is C25H29N3O4. The minimum absolute atomic E-state index is 0.198. The highest BCUT2D eigenvalue weighted by atomic mass is 16.5. The lowest BCUT2D eigenvalue weighted by atomic mass is 10.1. The molecule has 2 aromatic carbocycles. The number of rotatable bonds is 8. The van der Waals surface area contributed by atoms with Crippen LogP contribution in [0.4, 0.5) is 0 Å². The van der Waals surface area contributed by atoms with Crippen LogP contribution in [0.5, 0.6) is 5.75 Å². The van der Waals surface area contributed by atoms with Gasteiger partial charge in [0.05, 0.1) is 19.4 Å². The van der Waals surface area contributed by atoms with Gasteiger partial charge in [-0.1, -0.05) is 30.3 Å². The van der Waals surface area contributed by atoms with Gasteiger partial charge in [0, 0.05) is 38.2 Å². The number of oxazole rings is 1. The summed E-state index contributed by atoms with van der Waals surface area (Å²) in [4.78, 5) is 18.8. The molecule has 7 nitrogen and oxygen atoms in total. The Morgan fingerprint density at radius 2 is 1.97 bits per heavy atom. The minimum Gasteiger partial charge on any atom is -0.493 e. The van der Waals surface area contributed by atoms with Crippen LogP contribution in [0.3, 0.4) is 0 Å². The van der Waals surface area contributed by atoms with Gasteiger partial charge in [-0.3, -0.25) is 9.69 Å². The Morgan fingerprint density at radius 1 is 1.19 bits per heavy atom. The number of benzene rings is 2. The Morgan fingerprint density at radius 3 is 2.72 bits per heavy atom. The third-order valence-corrected chi connectivity index (χ3v) is 5.66. The normalized spacial score (nSPS) is 16.6. The van der Waals surface area contributed by atoms with E-state index >= 15 is 0 Å². The molecule has 1 fully saturated rings. The van der Waals surface area contributed by atoms with Crippen LogP contribution in [0.15, 0.2) is 59.0 Å². The molecule has 2 heterocycles. The van der Waals surface area contributed by atoms with Crippen LogP contribution in [0.25, 0.3) is 11.5 Å². The summed E-state index contributed by atoms with van der Waals surface area (Å²) in [6.45, 7) is 5.43. The number of ether oxygens (including phenoxy) is 2. The quantitative estimate of drug-likeness (QED) is 0.545. The monoisotopic (exact) mass is 435 g/mol. The van der Waals surface area contributed by atoms with Crippen molar-refractivity contribution in [2.75, 3.05) is 33.4 Å². The van der Waals surface area contributed by atoms with Crippen molar-refractivity contribution in [2.45, 2.75) is 25.9 Å². The van der Waals surface area contributed by atoms with Crippen molar-refractivity contribution < 1.29 is 18.7 Å². The second-order valence-corrected chi connectivity index (χ2v) is 7.84. The fourth-order valence-electron chi connectivity index (χ4n) is 3.86. The zero-order valence-corrected chi connectivity index (χ0v) is 18.5. The third-order valence-electron chi connectivity index (χ3n) is 5.66. The number of carbonyl (C=O) groups excluding carboxylic acids is 1. The van der Waals surface area contributed by atoms with Crippen LogP contribution in [-0.2, 0) is 22.5 Å². The van der Waals surface area contributed by atoms with Crippen molar-refractivity contribution in [1.29, 1.82) is 0 Å². The molecule has 0 aliphatic carbocycles. The van der Waals surface area contributed by atoms with Gasteiger partial charge in [0.2, 0.25) is 5.89 Å². The van der Waals surface area contributed by atoms with Crippen molar-refractivity contribution in [3.63, 3.8) is 0 Å². The first-order valence-corrected chi connectivity index (χ1v) is 10.9. The van der Waals surface area contributed by atoms with E-state index in [9.17, 15) is 4.79 Å². The van der Waals surface area contributed by atoms with E-state index in [2.05, 4.69) is 15.2 Å². The lowest BCUT2D eigenvalue weighted by Crippen LogP contribution is -2.54. The van der Waals surface area contributed by atoms with Gasteiger partial charge in [0.15, 0.2) is 0 Å². The molecule has 0 amide bonds. The molecule has 1 aromatic heterocycles. The lowest BCUT2D eigenvalue weighted by Gasteiger charge is -2.34. The van der Waals surface area contributed by atoms with Gasteiger partial charge in [-0.05, 0) is 36.8 Å². The molecule has 0 radical (unpaired) electrons. The highest BCUT2D eigenvalue weighted by Crippen LogP contribution is 2.22. The molecule has 0 saturated carbocycles. The summed E-state index contributed by atoms with van der Waals surface area (Å²) in [5.41, 5.74) is 3.01. The zero-order chi connectivity index (χ0) is 22.3. The molecule has 3 aromatic rings. The van der Waals surface area contributed by atoms with Gasteiger partial charge in [-0.15, -0.1) is 0 Å². The summed E-state index contributed by atoms with van der Waals surface area (Å²) in [6.07, 6.45) is 0.672. The number of nitrogens with one attached hydrogen (secondary N) is 1. The highest BCUT2D eigenvalue weighted by Gasteiger charge is 2.29. The van der Waals surface area contributed by atoms with E-state index < -0.39 is 0 Å². The largest absolute Gasteiger partial charge is 0.493 e. The van der Waals surface area contributed by atoms with E-state index in [-0.39, 0.29) is 12.0 Å². The number of carbonyl (C=O) groups is 1. The zero-order valence-electron chi connectivity index (χ0n) is 18.5. The number of hydrogen-bond acceptors (Lipinski definition) is 7. The van der Waals surface area contributed by atoms with E-state index in [0.717, 1.165) is 41.4 Å². The van der Waals surface area contributed by atoms with E-state index in [1.54, 1.807) is 0 Å².